The van der Waals surface area contributed by atoms with Crippen molar-refractivity contribution in [1.82, 2.24) is 24.8 Å². The third kappa shape index (κ3) is 4.33. The smallest absolute Gasteiger partial charge is 0.262 e. The van der Waals surface area contributed by atoms with Gasteiger partial charge in [0.05, 0.1) is 5.69 Å². The van der Waals surface area contributed by atoms with E-state index in [4.69, 9.17) is 9.84 Å². The van der Waals surface area contributed by atoms with Gasteiger partial charge in [0.2, 0.25) is 0 Å². The minimum Gasteiger partial charge on any atom is -0.483 e. The van der Waals surface area contributed by atoms with Gasteiger partial charge in [0, 0.05) is 29.2 Å². The van der Waals surface area contributed by atoms with Gasteiger partial charge >= 0.3 is 0 Å². The average molecular weight is 451 g/mol. The number of hydrogen-bond donors (Lipinski definition) is 1. The van der Waals surface area contributed by atoms with Gasteiger partial charge in [-0.05, 0) is 67.4 Å². The molecule has 0 saturated carbocycles. The van der Waals surface area contributed by atoms with Crippen LogP contribution in [0.4, 0.5) is 5.69 Å². The zero-order chi connectivity index (χ0) is 23.5. The molecule has 0 radical (unpaired) electrons. The molecule has 0 aliphatic carbocycles. The molecule has 1 amide bonds. The number of fused-ring (bicyclic) bond motifs is 1. The van der Waals surface area contributed by atoms with Crippen molar-refractivity contribution in [3.05, 3.63) is 90.3 Å². The van der Waals surface area contributed by atoms with Crippen molar-refractivity contribution in [2.24, 2.45) is 0 Å². The first kappa shape index (κ1) is 21.3. The minimum atomic E-state index is -0.236. The van der Waals surface area contributed by atoms with Crippen LogP contribution in [0.3, 0.4) is 0 Å². The fourth-order valence-electron chi connectivity index (χ4n) is 3.60. The quantitative estimate of drug-likeness (QED) is 0.410. The lowest BCUT2D eigenvalue weighted by Crippen LogP contribution is -2.20. The Hall–Kier alpha value is -4.59. The first-order chi connectivity index (χ1) is 16.6. The zero-order valence-electron chi connectivity index (χ0n) is 18.8. The van der Waals surface area contributed by atoms with Crippen molar-refractivity contribution in [3.8, 4) is 28.4 Å². The Balaban J connectivity index is 1.34. The van der Waals surface area contributed by atoms with Crippen molar-refractivity contribution in [2.45, 2.75) is 13.8 Å². The van der Waals surface area contributed by atoms with E-state index in [1.165, 1.54) is 0 Å². The van der Waals surface area contributed by atoms with Crippen LogP contribution in [-0.4, -0.2) is 37.3 Å². The number of nitrogens with zero attached hydrogens (tertiary/aromatic N) is 5. The zero-order valence-corrected chi connectivity index (χ0v) is 18.8. The van der Waals surface area contributed by atoms with Gasteiger partial charge in [-0.2, -0.15) is 9.61 Å². The van der Waals surface area contributed by atoms with Crippen molar-refractivity contribution in [2.75, 3.05) is 11.9 Å². The highest BCUT2D eigenvalue weighted by molar-refractivity contribution is 5.92. The summed E-state index contributed by atoms with van der Waals surface area (Å²) in [5, 5.41) is 16.1. The first-order valence-corrected chi connectivity index (χ1v) is 10.8. The Kier molecular flexibility index (Phi) is 5.70. The molecule has 0 saturated heterocycles. The molecule has 0 unspecified atom stereocenters. The number of carbonyl (C=O) groups excluding carboxylic acids is 1. The molecule has 8 heteroatoms. The molecular formula is C26H22N6O2. The number of carbonyl (C=O) groups is 1. The number of anilines is 1. The maximum Gasteiger partial charge on any atom is 0.262 e. The molecular weight excluding hydrogens is 428 g/mol. The SMILES string of the molecule is Cc1cccc(OCC(=O)Nc2cccc(-c3ccc4nnc(-c5ccncc5)n4n3)c2)c1C. The van der Waals surface area contributed by atoms with Crippen LogP contribution in [0.5, 0.6) is 5.75 Å². The molecule has 0 aliphatic heterocycles. The fourth-order valence-corrected chi connectivity index (χ4v) is 3.60. The molecule has 2 aromatic carbocycles. The number of aromatic nitrogens is 5. The first-order valence-electron chi connectivity index (χ1n) is 10.8. The van der Waals surface area contributed by atoms with E-state index < -0.39 is 0 Å². The van der Waals surface area contributed by atoms with Crippen LogP contribution in [0.1, 0.15) is 11.1 Å². The van der Waals surface area contributed by atoms with Gasteiger partial charge in [0.1, 0.15) is 5.75 Å². The van der Waals surface area contributed by atoms with Crippen LogP contribution in [0.15, 0.2) is 79.1 Å². The summed E-state index contributed by atoms with van der Waals surface area (Å²) in [4.78, 5) is 16.5. The Morgan fingerprint density at radius 3 is 2.62 bits per heavy atom. The molecule has 0 aliphatic rings. The predicted octanol–water partition coefficient (Wildman–Crippen LogP) is 4.49. The lowest BCUT2D eigenvalue weighted by atomic mass is 10.1. The van der Waals surface area contributed by atoms with Crippen LogP contribution in [0.25, 0.3) is 28.3 Å². The molecule has 0 bridgehead atoms. The van der Waals surface area contributed by atoms with E-state index >= 15 is 0 Å². The van der Waals surface area contributed by atoms with Gasteiger partial charge in [0.25, 0.3) is 5.91 Å². The normalized spacial score (nSPS) is 10.9. The predicted molar refractivity (Wildman–Crippen MR) is 129 cm³/mol. The van der Waals surface area contributed by atoms with Crippen LogP contribution >= 0.6 is 0 Å². The van der Waals surface area contributed by atoms with Crippen LogP contribution in [-0.2, 0) is 4.79 Å². The van der Waals surface area contributed by atoms with E-state index in [0.717, 1.165) is 27.9 Å². The summed E-state index contributed by atoms with van der Waals surface area (Å²) in [5.41, 5.74) is 5.90. The monoisotopic (exact) mass is 450 g/mol. The summed E-state index contributed by atoms with van der Waals surface area (Å²) in [6.45, 7) is 3.92. The van der Waals surface area contributed by atoms with Gasteiger partial charge in [0.15, 0.2) is 18.1 Å². The van der Waals surface area contributed by atoms with Crippen molar-refractivity contribution in [3.63, 3.8) is 0 Å². The molecule has 5 rings (SSSR count). The molecule has 3 heterocycles. The number of ether oxygens (including phenoxy) is 1. The third-order valence-electron chi connectivity index (χ3n) is 5.56. The van der Waals surface area contributed by atoms with Crippen molar-refractivity contribution >= 4 is 17.2 Å². The standard InChI is InChI=1S/C26H22N6O2/c1-17-5-3-8-23(18(17)2)34-16-25(33)28-21-7-4-6-20(15-21)22-9-10-24-29-30-26(32(24)31-22)19-11-13-27-14-12-19/h3-15H,16H2,1-2H3,(H,28,33). The van der Waals surface area contributed by atoms with E-state index in [1.807, 2.05) is 80.6 Å². The maximum absolute atomic E-state index is 12.5. The van der Waals surface area contributed by atoms with Crippen LogP contribution in [0.2, 0.25) is 0 Å². The van der Waals surface area contributed by atoms with E-state index in [9.17, 15) is 4.79 Å². The summed E-state index contributed by atoms with van der Waals surface area (Å²) in [5.74, 6) is 1.10. The summed E-state index contributed by atoms with van der Waals surface area (Å²) >= 11 is 0. The Bertz CT molecular complexity index is 1480. The second kappa shape index (κ2) is 9.11. The number of amides is 1. The Morgan fingerprint density at radius 1 is 0.941 bits per heavy atom. The summed E-state index contributed by atoms with van der Waals surface area (Å²) in [7, 11) is 0. The molecule has 1 N–H and O–H groups in total. The number of hydrogen-bond acceptors (Lipinski definition) is 6. The molecule has 0 fully saturated rings. The number of rotatable bonds is 6. The number of pyridine rings is 1. The lowest BCUT2D eigenvalue weighted by molar-refractivity contribution is -0.118. The van der Waals surface area contributed by atoms with Crippen molar-refractivity contribution in [1.29, 1.82) is 0 Å². The molecule has 168 valence electrons. The van der Waals surface area contributed by atoms with E-state index in [0.29, 0.717) is 22.9 Å². The highest BCUT2D eigenvalue weighted by atomic mass is 16.5. The molecule has 34 heavy (non-hydrogen) atoms. The molecule has 0 spiro atoms. The fraction of sp³-hybridized carbons (Fsp3) is 0.115. The van der Waals surface area contributed by atoms with E-state index in [1.54, 1.807) is 16.9 Å². The molecule has 0 atom stereocenters. The largest absolute Gasteiger partial charge is 0.483 e. The highest BCUT2D eigenvalue weighted by Crippen LogP contribution is 2.24. The Morgan fingerprint density at radius 2 is 1.76 bits per heavy atom. The summed E-state index contributed by atoms with van der Waals surface area (Å²) < 4.78 is 7.42. The van der Waals surface area contributed by atoms with Crippen molar-refractivity contribution < 1.29 is 9.53 Å². The maximum atomic E-state index is 12.5. The average Bonchev–Trinajstić information content (AvgIpc) is 3.29. The van der Waals surface area contributed by atoms with E-state index in [2.05, 4.69) is 20.5 Å². The lowest BCUT2D eigenvalue weighted by Gasteiger charge is -2.11. The summed E-state index contributed by atoms with van der Waals surface area (Å²) in [6, 6.07) is 20.8. The molecule has 3 aromatic heterocycles. The van der Waals surface area contributed by atoms with Gasteiger partial charge in [-0.25, -0.2) is 0 Å². The Labute approximate surface area is 196 Å². The summed E-state index contributed by atoms with van der Waals surface area (Å²) in [6.07, 6.45) is 3.41. The highest BCUT2D eigenvalue weighted by Gasteiger charge is 2.12. The van der Waals surface area contributed by atoms with E-state index in [-0.39, 0.29) is 12.5 Å². The number of benzene rings is 2. The number of nitrogens with one attached hydrogen (secondary N) is 1. The van der Waals surface area contributed by atoms with Gasteiger partial charge < -0.3 is 10.1 Å². The van der Waals surface area contributed by atoms with Crippen LogP contribution < -0.4 is 10.1 Å². The van der Waals surface area contributed by atoms with Gasteiger partial charge in [-0.15, -0.1) is 10.2 Å². The minimum absolute atomic E-state index is 0.0747. The topological polar surface area (TPSA) is 94.3 Å². The van der Waals surface area contributed by atoms with Crippen LogP contribution in [0, 0.1) is 13.8 Å². The second-order valence-electron chi connectivity index (χ2n) is 7.86. The third-order valence-corrected chi connectivity index (χ3v) is 5.56. The van der Waals surface area contributed by atoms with Gasteiger partial charge in [-0.1, -0.05) is 24.3 Å². The molecule has 5 aromatic rings. The second-order valence-corrected chi connectivity index (χ2v) is 7.86. The number of aryl methyl sites for hydroxylation is 1. The molecule has 8 nitrogen and oxygen atoms in total. The van der Waals surface area contributed by atoms with Gasteiger partial charge in [-0.3, -0.25) is 9.78 Å².